The minimum Gasteiger partial charge on any atom is -0.493 e. The lowest BCUT2D eigenvalue weighted by Gasteiger charge is -2.55. The molecule has 0 unspecified atom stereocenters. The van der Waals surface area contributed by atoms with Crippen molar-refractivity contribution in [3.63, 3.8) is 0 Å². The highest BCUT2D eigenvalue weighted by molar-refractivity contribution is 5.58. The van der Waals surface area contributed by atoms with Crippen LogP contribution in [0.25, 0.3) is 11.4 Å². The summed E-state index contributed by atoms with van der Waals surface area (Å²) < 4.78 is 12.4. The molecule has 0 amide bonds. The Balaban J connectivity index is 1.58. The van der Waals surface area contributed by atoms with Gasteiger partial charge in [-0.15, -0.1) is 0 Å². The number of aromatic nitrogens is 2. The van der Waals surface area contributed by atoms with Crippen molar-refractivity contribution in [2.45, 2.75) is 43.8 Å². The molecule has 1 aromatic heterocycles. The number of hydrogen-bond acceptors (Lipinski definition) is 5. The lowest BCUT2D eigenvalue weighted by Crippen LogP contribution is -2.57. The fourth-order valence-corrected chi connectivity index (χ4v) is 6.50. The van der Waals surface area contributed by atoms with Gasteiger partial charge < -0.3 is 14.6 Å². The van der Waals surface area contributed by atoms with E-state index in [1.807, 2.05) is 30.3 Å². The smallest absolute Gasteiger partial charge is 0.218 e. The van der Waals surface area contributed by atoms with Crippen molar-refractivity contribution in [3.8, 4) is 17.3 Å². The van der Waals surface area contributed by atoms with Crippen LogP contribution >= 0.6 is 0 Å². The van der Waals surface area contributed by atoms with Gasteiger partial charge in [0.25, 0.3) is 0 Å². The van der Waals surface area contributed by atoms with Crippen molar-refractivity contribution in [2.24, 2.45) is 11.8 Å². The van der Waals surface area contributed by atoms with Crippen LogP contribution in [0.15, 0.2) is 60.7 Å². The molecule has 2 fully saturated rings. The van der Waals surface area contributed by atoms with E-state index < -0.39 is 5.79 Å². The summed E-state index contributed by atoms with van der Waals surface area (Å²) in [6, 6.07) is 20.6. The predicted octanol–water partition coefficient (Wildman–Crippen LogP) is 4.87. The number of fused-ring (bicyclic) bond motifs is 3. The Bertz CT molecular complexity index is 1130. The average molecular weight is 429 g/mol. The molecule has 5 nitrogen and oxygen atoms in total. The summed E-state index contributed by atoms with van der Waals surface area (Å²) in [5.41, 5.74) is 3.73. The lowest BCUT2D eigenvalue weighted by atomic mass is 9.51. The standard InChI is InChI=1S/C27H28N2O3/c1-18-22-13-12-21-23(28-24(29-25(21)30)19-8-4-2-5-9-19)26(22,20-10-6-3-7-11-20)14-15-27(18)31-16-17-32-27/h2-11,18,22H,12-17H2,1H3,(H,28,29,30)/t18-,22-,26+/m0/s1. The Hall–Kier alpha value is -2.76. The van der Waals surface area contributed by atoms with E-state index in [0.717, 1.165) is 42.5 Å². The molecular formula is C27H28N2O3. The molecule has 2 aromatic carbocycles. The normalized spacial score (nSPS) is 28.3. The highest BCUT2D eigenvalue weighted by atomic mass is 16.7. The van der Waals surface area contributed by atoms with Gasteiger partial charge in [-0.1, -0.05) is 67.6 Å². The van der Waals surface area contributed by atoms with E-state index in [-0.39, 0.29) is 17.2 Å². The minimum atomic E-state index is -0.502. The molecule has 1 spiro atoms. The number of rotatable bonds is 2. The molecule has 164 valence electrons. The van der Waals surface area contributed by atoms with Gasteiger partial charge in [0.15, 0.2) is 11.6 Å². The average Bonchev–Trinajstić information content (AvgIpc) is 3.32. The predicted molar refractivity (Wildman–Crippen MR) is 121 cm³/mol. The van der Waals surface area contributed by atoms with E-state index in [9.17, 15) is 5.11 Å². The number of hydrogen-bond donors (Lipinski definition) is 1. The molecule has 1 saturated heterocycles. The Labute approximate surface area is 188 Å². The maximum absolute atomic E-state index is 11.0. The second-order valence-corrected chi connectivity index (χ2v) is 9.34. The Morgan fingerprint density at radius 1 is 0.906 bits per heavy atom. The summed E-state index contributed by atoms with van der Waals surface area (Å²) in [7, 11) is 0. The third-order valence-corrected chi connectivity index (χ3v) is 8.01. The molecule has 1 N–H and O–H groups in total. The van der Waals surface area contributed by atoms with E-state index in [1.54, 1.807) is 0 Å². The Kier molecular flexibility index (Phi) is 4.60. The monoisotopic (exact) mass is 428 g/mol. The first-order valence-corrected chi connectivity index (χ1v) is 11.6. The van der Waals surface area contributed by atoms with Crippen LogP contribution in [-0.4, -0.2) is 34.1 Å². The molecule has 2 heterocycles. The summed E-state index contributed by atoms with van der Waals surface area (Å²) in [6.45, 7) is 3.59. The van der Waals surface area contributed by atoms with Gasteiger partial charge in [-0.25, -0.2) is 4.98 Å². The molecule has 6 rings (SSSR count). The minimum absolute atomic E-state index is 0.115. The van der Waals surface area contributed by atoms with Crippen molar-refractivity contribution < 1.29 is 14.6 Å². The summed E-state index contributed by atoms with van der Waals surface area (Å²) in [5, 5.41) is 11.0. The van der Waals surface area contributed by atoms with Gasteiger partial charge in [-0.2, -0.15) is 4.98 Å². The topological polar surface area (TPSA) is 64.5 Å². The Morgan fingerprint density at radius 3 is 2.31 bits per heavy atom. The molecule has 5 heteroatoms. The molecule has 1 saturated carbocycles. The third-order valence-electron chi connectivity index (χ3n) is 8.01. The zero-order chi connectivity index (χ0) is 21.8. The van der Waals surface area contributed by atoms with Gasteiger partial charge >= 0.3 is 0 Å². The molecule has 1 aliphatic heterocycles. The van der Waals surface area contributed by atoms with Crippen molar-refractivity contribution in [1.82, 2.24) is 9.97 Å². The van der Waals surface area contributed by atoms with Crippen molar-refractivity contribution >= 4 is 0 Å². The van der Waals surface area contributed by atoms with Gasteiger partial charge in [0, 0.05) is 28.9 Å². The van der Waals surface area contributed by atoms with E-state index in [2.05, 4.69) is 42.2 Å². The summed E-state index contributed by atoms with van der Waals surface area (Å²) in [5.74, 6) is 0.701. The number of nitrogens with zero attached hydrogens (tertiary/aromatic N) is 2. The van der Waals surface area contributed by atoms with Crippen molar-refractivity contribution in [3.05, 3.63) is 77.5 Å². The molecule has 2 aliphatic carbocycles. The van der Waals surface area contributed by atoms with E-state index in [4.69, 9.17) is 14.5 Å². The molecular weight excluding hydrogens is 400 g/mol. The second-order valence-electron chi connectivity index (χ2n) is 9.34. The maximum Gasteiger partial charge on any atom is 0.218 e. The van der Waals surface area contributed by atoms with Gasteiger partial charge in [0.2, 0.25) is 5.88 Å². The first kappa shape index (κ1) is 19.9. The zero-order valence-electron chi connectivity index (χ0n) is 18.3. The molecule has 3 aliphatic rings. The molecule has 0 radical (unpaired) electrons. The number of ether oxygens (including phenoxy) is 2. The third kappa shape index (κ3) is 2.77. The Morgan fingerprint density at radius 2 is 1.59 bits per heavy atom. The van der Waals surface area contributed by atoms with Crippen LogP contribution in [0.4, 0.5) is 0 Å². The van der Waals surface area contributed by atoms with Crippen LogP contribution in [-0.2, 0) is 21.3 Å². The van der Waals surface area contributed by atoms with Gasteiger partial charge in [0.1, 0.15) is 0 Å². The second kappa shape index (κ2) is 7.39. The zero-order valence-corrected chi connectivity index (χ0v) is 18.3. The van der Waals surface area contributed by atoms with Crippen molar-refractivity contribution in [2.75, 3.05) is 13.2 Å². The van der Waals surface area contributed by atoms with Crippen LogP contribution in [0.3, 0.4) is 0 Å². The highest BCUT2D eigenvalue weighted by Gasteiger charge is 2.60. The first-order valence-electron chi connectivity index (χ1n) is 11.6. The van der Waals surface area contributed by atoms with Crippen LogP contribution in [0, 0.1) is 11.8 Å². The lowest BCUT2D eigenvalue weighted by molar-refractivity contribution is -0.232. The molecule has 3 atom stereocenters. The molecule has 0 bridgehead atoms. The molecule has 3 aromatic rings. The highest BCUT2D eigenvalue weighted by Crippen LogP contribution is 2.60. The molecule has 32 heavy (non-hydrogen) atoms. The fourth-order valence-electron chi connectivity index (χ4n) is 6.50. The van der Waals surface area contributed by atoms with Gasteiger partial charge in [-0.3, -0.25) is 0 Å². The van der Waals surface area contributed by atoms with Crippen LogP contribution in [0.2, 0.25) is 0 Å². The van der Waals surface area contributed by atoms with Crippen molar-refractivity contribution in [1.29, 1.82) is 0 Å². The van der Waals surface area contributed by atoms with E-state index in [1.165, 1.54) is 5.56 Å². The maximum atomic E-state index is 11.0. The first-order chi connectivity index (χ1) is 15.6. The summed E-state index contributed by atoms with van der Waals surface area (Å²) >= 11 is 0. The quantitative estimate of drug-likeness (QED) is 0.631. The van der Waals surface area contributed by atoms with Crippen LogP contribution in [0.5, 0.6) is 5.88 Å². The van der Waals surface area contributed by atoms with Crippen LogP contribution in [0.1, 0.15) is 43.0 Å². The number of benzene rings is 2. The van der Waals surface area contributed by atoms with E-state index in [0.29, 0.717) is 25.0 Å². The fraction of sp³-hybridized carbons (Fsp3) is 0.407. The largest absolute Gasteiger partial charge is 0.493 e. The summed E-state index contributed by atoms with van der Waals surface area (Å²) in [4.78, 5) is 9.68. The number of aromatic hydroxyl groups is 1. The van der Waals surface area contributed by atoms with Crippen LogP contribution < -0.4 is 0 Å². The van der Waals surface area contributed by atoms with E-state index >= 15 is 0 Å². The SMILES string of the molecule is C[C@H]1[C@@H]2CCc3c(O)nc(-c4ccccc4)nc3[C@@]2(c2ccccc2)CCC12OCCO2. The van der Waals surface area contributed by atoms with Gasteiger partial charge in [0.05, 0.1) is 18.9 Å². The van der Waals surface area contributed by atoms with Gasteiger partial charge in [-0.05, 0) is 30.7 Å². The summed E-state index contributed by atoms with van der Waals surface area (Å²) in [6.07, 6.45) is 3.38.